The predicted molar refractivity (Wildman–Crippen MR) is 84.9 cm³/mol. The topological polar surface area (TPSA) is 89.9 Å². The van der Waals surface area contributed by atoms with Gasteiger partial charge in [0, 0.05) is 31.8 Å². The summed E-state index contributed by atoms with van der Waals surface area (Å²) in [5.41, 5.74) is 7.05. The molecule has 0 aliphatic rings. The molecule has 1 amide bonds. The third-order valence-electron chi connectivity index (χ3n) is 3.32. The van der Waals surface area contributed by atoms with Crippen LogP contribution < -0.4 is 5.73 Å². The Kier molecular flexibility index (Phi) is 5.00. The summed E-state index contributed by atoms with van der Waals surface area (Å²) in [6.45, 7) is 3.18. The first kappa shape index (κ1) is 15.6. The van der Waals surface area contributed by atoms with Crippen LogP contribution >= 0.6 is 11.8 Å². The highest BCUT2D eigenvalue weighted by Gasteiger charge is 2.17. The van der Waals surface area contributed by atoms with Gasteiger partial charge in [0.2, 0.25) is 5.91 Å². The molecule has 0 saturated heterocycles. The van der Waals surface area contributed by atoms with Crippen molar-refractivity contribution in [3.8, 4) is 0 Å². The van der Waals surface area contributed by atoms with Gasteiger partial charge in [-0.1, -0.05) is 6.92 Å². The third-order valence-corrected chi connectivity index (χ3v) is 4.15. The van der Waals surface area contributed by atoms with E-state index in [1.807, 2.05) is 24.8 Å². The SMILES string of the molecule is CSCC(C)C(=O)N(C)CCn1cnc2c(N)ncnc21. The minimum atomic E-state index is 0.0301. The van der Waals surface area contributed by atoms with Crippen LogP contribution in [-0.2, 0) is 11.3 Å². The number of nitrogen functional groups attached to an aromatic ring is 1. The number of carbonyl (C=O) groups excluding carboxylic acids is 1. The van der Waals surface area contributed by atoms with Gasteiger partial charge in [-0.25, -0.2) is 15.0 Å². The number of nitrogens with two attached hydrogens (primary N) is 1. The fourth-order valence-electron chi connectivity index (χ4n) is 2.13. The normalized spacial score (nSPS) is 12.5. The molecular formula is C13H20N6OS. The number of aromatic nitrogens is 4. The molecule has 0 saturated carbocycles. The fraction of sp³-hybridized carbons (Fsp3) is 0.538. The number of fused-ring (bicyclic) bond motifs is 1. The summed E-state index contributed by atoms with van der Waals surface area (Å²) in [7, 11) is 1.82. The molecule has 0 aromatic carbocycles. The van der Waals surface area contributed by atoms with E-state index in [1.54, 1.807) is 23.0 Å². The van der Waals surface area contributed by atoms with E-state index in [4.69, 9.17) is 5.73 Å². The summed E-state index contributed by atoms with van der Waals surface area (Å²) >= 11 is 1.68. The molecule has 0 aliphatic heterocycles. The molecule has 1 atom stereocenters. The minimum absolute atomic E-state index is 0.0301. The van der Waals surface area contributed by atoms with E-state index in [0.717, 1.165) is 5.75 Å². The van der Waals surface area contributed by atoms with Crippen LogP contribution in [0.1, 0.15) is 6.92 Å². The molecule has 2 N–H and O–H groups in total. The zero-order valence-corrected chi connectivity index (χ0v) is 13.3. The molecular weight excluding hydrogens is 288 g/mol. The summed E-state index contributed by atoms with van der Waals surface area (Å²) < 4.78 is 1.89. The van der Waals surface area contributed by atoms with Gasteiger partial charge in [-0.15, -0.1) is 0 Å². The van der Waals surface area contributed by atoms with Crippen molar-refractivity contribution >= 4 is 34.7 Å². The summed E-state index contributed by atoms with van der Waals surface area (Å²) in [4.78, 5) is 26.2. The Balaban J connectivity index is 2.02. The maximum Gasteiger partial charge on any atom is 0.226 e. The van der Waals surface area contributed by atoms with E-state index in [2.05, 4.69) is 15.0 Å². The highest BCUT2D eigenvalue weighted by atomic mass is 32.2. The number of anilines is 1. The lowest BCUT2D eigenvalue weighted by molar-refractivity contribution is -0.133. The molecule has 0 radical (unpaired) electrons. The van der Waals surface area contributed by atoms with Crippen LogP contribution in [0.25, 0.3) is 11.2 Å². The average Bonchev–Trinajstić information content (AvgIpc) is 2.89. The number of imidazole rings is 1. The standard InChI is InChI=1S/C13H20N6OS/c1-9(6-21-3)13(20)18(2)4-5-19-8-17-10-11(14)15-7-16-12(10)19/h7-9H,4-6H2,1-3H3,(H2,14,15,16). The van der Waals surface area contributed by atoms with Gasteiger partial charge in [0.25, 0.3) is 0 Å². The zero-order valence-electron chi connectivity index (χ0n) is 12.5. The van der Waals surface area contributed by atoms with Gasteiger partial charge in [-0.3, -0.25) is 4.79 Å². The number of carbonyl (C=O) groups is 1. The highest BCUT2D eigenvalue weighted by molar-refractivity contribution is 7.98. The molecule has 21 heavy (non-hydrogen) atoms. The number of thioether (sulfide) groups is 1. The van der Waals surface area contributed by atoms with Crippen LogP contribution in [0, 0.1) is 5.92 Å². The monoisotopic (exact) mass is 308 g/mol. The van der Waals surface area contributed by atoms with Crippen LogP contribution in [-0.4, -0.2) is 55.9 Å². The second kappa shape index (κ2) is 6.75. The van der Waals surface area contributed by atoms with Crippen LogP contribution in [0.2, 0.25) is 0 Å². The predicted octanol–water partition coefficient (Wildman–Crippen LogP) is 0.866. The van der Waals surface area contributed by atoms with Crippen LogP contribution in [0.4, 0.5) is 5.82 Å². The van der Waals surface area contributed by atoms with E-state index in [1.165, 1.54) is 6.33 Å². The van der Waals surface area contributed by atoms with Crippen LogP contribution in [0.15, 0.2) is 12.7 Å². The summed E-state index contributed by atoms with van der Waals surface area (Å²) in [5.74, 6) is 1.39. The molecule has 8 heteroatoms. The maximum absolute atomic E-state index is 12.2. The number of amides is 1. The van der Waals surface area contributed by atoms with Crippen molar-refractivity contribution in [3.05, 3.63) is 12.7 Å². The number of rotatable bonds is 6. The Labute approximate surface area is 127 Å². The lowest BCUT2D eigenvalue weighted by atomic mass is 10.2. The largest absolute Gasteiger partial charge is 0.382 e. The maximum atomic E-state index is 12.2. The minimum Gasteiger partial charge on any atom is -0.382 e. The van der Waals surface area contributed by atoms with Crippen molar-refractivity contribution in [2.24, 2.45) is 5.92 Å². The highest BCUT2D eigenvalue weighted by Crippen LogP contribution is 2.14. The van der Waals surface area contributed by atoms with Crippen LogP contribution in [0.3, 0.4) is 0 Å². The molecule has 114 valence electrons. The molecule has 0 spiro atoms. The van der Waals surface area contributed by atoms with Gasteiger partial charge in [-0.2, -0.15) is 11.8 Å². The Morgan fingerprint density at radius 2 is 2.24 bits per heavy atom. The first-order valence-electron chi connectivity index (χ1n) is 6.69. The Hall–Kier alpha value is -1.83. The number of hydrogen-bond acceptors (Lipinski definition) is 6. The van der Waals surface area contributed by atoms with E-state index < -0.39 is 0 Å². The van der Waals surface area contributed by atoms with E-state index in [9.17, 15) is 4.79 Å². The molecule has 2 aromatic rings. The van der Waals surface area contributed by atoms with Gasteiger partial charge in [0.1, 0.15) is 11.8 Å². The van der Waals surface area contributed by atoms with Crippen molar-refractivity contribution in [2.45, 2.75) is 13.5 Å². The lowest BCUT2D eigenvalue weighted by Gasteiger charge is -2.21. The summed E-state index contributed by atoms with van der Waals surface area (Å²) in [6, 6.07) is 0. The van der Waals surface area contributed by atoms with Gasteiger partial charge in [0.05, 0.1) is 6.33 Å². The Morgan fingerprint density at radius 3 is 2.95 bits per heavy atom. The second-order valence-electron chi connectivity index (χ2n) is 4.99. The lowest BCUT2D eigenvalue weighted by Crippen LogP contribution is -2.35. The molecule has 0 bridgehead atoms. The van der Waals surface area contributed by atoms with Gasteiger partial charge >= 0.3 is 0 Å². The van der Waals surface area contributed by atoms with Crippen molar-refractivity contribution in [3.63, 3.8) is 0 Å². The zero-order chi connectivity index (χ0) is 15.4. The third kappa shape index (κ3) is 3.44. The van der Waals surface area contributed by atoms with Crippen LogP contribution in [0.5, 0.6) is 0 Å². The molecule has 0 aliphatic carbocycles. The molecule has 1 unspecified atom stereocenters. The quantitative estimate of drug-likeness (QED) is 0.851. The first-order valence-corrected chi connectivity index (χ1v) is 8.09. The summed E-state index contributed by atoms with van der Waals surface area (Å²) in [5, 5.41) is 0. The molecule has 2 aromatic heterocycles. The molecule has 7 nitrogen and oxygen atoms in total. The number of likely N-dealkylation sites (N-methyl/N-ethyl adjacent to an activating group) is 1. The number of nitrogens with zero attached hydrogens (tertiary/aromatic N) is 5. The van der Waals surface area contributed by atoms with Gasteiger partial charge < -0.3 is 15.2 Å². The van der Waals surface area contributed by atoms with Gasteiger partial charge in [-0.05, 0) is 6.26 Å². The average molecular weight is 308 g/mol. The second-order valence-corrected chi connectivity index (χ2v) is 5.90. The first-order chi connectivity index (χ1) is 10.0. The smallest absolute Gasteiger partial charge is 0.226 e. The molecule has 0 fully saturated rings. The van der Waals surface area contributed by atoms with E-state index in [0.29, 0.717) is 30.1 Å². The Morgan fingerprint density at radius 1 is 1.48 bits per heavy atom. The summed E-state index contributed by atoms with van der Waals surface area (Å²) in [6.07, 6.45) is 5.11. The fourth-order valence-corrected chi connectivity index (χ4v) is 2.77. The van der Waals surface area contributed by atoms with E-state index in [-0.39, 0.29) is 11.8 Å². The molecule has 2 rings (SSSR count). The van der Waals surface area contributed by atoms with Crippen molar-refractivity contribution in [2.75, 3.05) is 31.3 Å². The van der Waals surface area contributed by atoms with Crippen molar-refractivity contribution in [1.29, 1.82) is 0 Å². The van der Waals surface area contributed by atoms with Crippen molar-refractivity contribution in [1.82, 2.24) is 24.4 Å². The Bertz CT molecular complexity index is 628. The van der Waals surface area contributed by atoms with E-state index >= 15 is 0 Å². The number of hydrogen-bond donors (Lipinski definition) is 1. The molecule has 2 heterocycles. The van der Waals surface area contributed by atoms with Crippen molar-refractivity contribution < 1.29 is 4.79 Å². The van der Waals surface area contributed by atoms with Gasteiger partial charge in [0.15, 0.2) is 11.5 Å².